The monoisotopic (exact) mass is 341 g/mol. The molecule has 0 saturated carbocycles. The Morgan fingerprint density at radius 1 is 1.08 bits per heavy atom. The smallest absolute Gasteiger partial charge is 0.292 e. The van der Waals surface area contributed by atoms with E-state index in [0.717, 1.165) is 16.9 Å². The molecule has 0 aliphatic carbocycles. The highest BCUT2D eigenvalue weighted by molar-refractivity contribution is 7.17. The van der Waals surface area contributed by atoms with Crippen molar-refractivity contribution in [2.24, 2.45) is 0 Å². The minimum absolute atomic E-state index is 0.0856. The van der Waals surface area contributed by atoms with E-state index in [2.05, 4.69) is 0 Å². The number of rotatable bonds is 5. The van der Waals surface area contributed by atoms with Crippen molar-refractivity contribution in [3.63, 3.8) is 0 Å². The fourth-order valence-corrected chi connectivity index (χ4v) is 3.64. The van der Waals surface area contributed by atoms with E-state index >= 15 is 0 Å². The highest BCUT2D eigenvalue weighted by Gasteiger charge is 2.28. The van der Waals surface area contributed by atoms with Gasteiger partial charge in [0.15, 0.2) is 6.29 Å². The van der Waals surface area contributed by atoms with Crippen molar-refractivity contribution >= 4 is 23.3 Å². The van der Waals surface area contributed by atoms with Crippen molar-refractivity contribution in [3.8, 4) is 10.4 Å². The van der Waals surface area contributed by atoms with E-state index in [4.69, 9.17) is 0 Å². The normalized spacial score (nSPS) is 10.5. The van der Waals surface area contributed by atoms with Crippen molar-refractivity contribution in [2.75, 3.05) is 0 Å². The molecule has 0 amide bonds. The molecule has 1 heterocycles. The second kappa shape index (κ2) is 6.72. The maximum atomic E-state index is 13.1. The second-order valence-electron chi connectivity index (χ2n) is 5.17. The lowest BCUT2D eigenvalue weighted by Gasteiger charge is -2.02. The maximum absolute atomic E-state index is 13.1. The van der Waals surface area contributed by atoms with Crippen LogP contribution in [0.25, 0.3) is 10.4 Å². The van der Waals surface area contributed by atoms with Crippen LogP contribution in [0.2, 0.25) is 0 Å². The Kier molecular flexibility index (Phi) is 4.48. The van der Waals surface area contributed by atoms with E-state index in [1.807, 2.05) is 30.3 Å². The molecule has 3 aromatic rings. The summed E-state index contributed by atoms with van der Waals surface area (Å²) >= 11 is 1.06. The van der Waals surface area contributed by atoms with Gasteiger partial charge in [-0.05, 0) is 23.3 Å². The number of aldehydes is 1. The fraction of sp³-hybridized carbons (Fsp3) is 0.0556. The van der Waals surface area contributed by atoms with Crippen LogP contribution in [0, 0.1) is 15.9 Å². The van der Waals surface area contributed by atoms with Gasteiger partial charge in [-0.15, -0.1) is 11.3 Å². The molecule has 0 unspecified atom stereocenters. The zero-order chi connectivity index (χ0) is 17.1. The molecule has 0 saturated heterocycles. The highest BCUT2D eigenvalue weighted by Crippen LogP contribution is 2.42. The molecule has 0 aliphatic rings. The molecule has 0 spiro atoms. The van der Waals surface area contributed by atoms with Crippen LogP contribution in [-0.2, 0) is 6.42 Å². The number of carbonyl (C=O) groups is 1. The van der Waals surface area contributed by atoms with Crippen LogP contribution < -0.4 is 0 Å². The molecule has 0 atom stereocenters. The average molecular weight is 341 g/mol. The Morgan fingerprint density at radius 3 is 2.33 bits per heavy atom. The first-order chi connectivity index (χ1) is 11.6. The van der Waals surface area contributed by atoms with Crippen LogP contribution in [0.4, 0.5) is 10.1 Å². The predicted octanol–water partition coefficient (Wildman–Crippen LogP) is 4.87. The number of halogens is 1. The number of hydrogen-bond donors (Lipinski definition) is 0. The third-order valence-corrected chi connectivity index (χ3v) is 4.83. The first-order valence-corrected chi connectivity index (χ1v) is 7.97. The molecule has 6 heteroatoms. The van der Waals surface area contributed by atoms with Crippen molar-refractivity contribution in [1.29, 1.82) is 0 Å². The van der Waals surface area contributed by atoms with Crippen LogP contribution in [0.5, 0.6) is 0 Å². The van der Waals surface area contributed by atoms with Crippen molar-refractivity contribution in [2.45, 2.75) is 6.42 Å². The molecule has 0 N–H and O–H groups in total. The number of nitrogens with zero attached hydrogens (tertiary/aromatic N) is 1. The molecule has 0 bridgehead atoms. The van der Waals surface area contributed by atoms with Gasteiger partial charge < -0.3 is 0 Å². The molecule has 1 aromatic heterocycles. The number of carbonyl (C=O) groups excluding carboxylic acids is 1. The quantitative estimate of drug-likeness (QED) is 0.378. The predicted molar refractivity (Wildman–Crippen MR) is 91.0 cm³/mol. The Balaban J connectivity index is 2.15. The average Bonchev–Trinajstić information content (AvgIpc) is 2.95. The number of benzene rings is 2. The Morgan fingerprint density at radius 2 is 1.75 bits per heavy atom. The minimum Gasteiger partial charge on any atom is -0.297 e. The summed E-state index contributed by atoms with van der Waals surface area (Å²) in [7, 11) is 0. The summed E-state index contributed by atoms with van der Waals surface area (Å²) in [6.45, 7) is 0. The SMILES string of the molecule is O=Cc1sc(-c2ccc(F)cc2)c([N+](=O)[O-])c1Cc1ccccc1. The summed E-state index contributed by atoms with van der Waals surface area (Å²) in [6, 6.07) is 14.7. The molecule has 4 nitrogen and oxygen atoms in total. The van der Waals surface area contributed by atoms with Gasteiger partial charge in [0, 0.05) is 6.42 Å². The molecular formula is C18H12FNO3S. The minimum atomic E-state index is -0.472. The number of hydrogen-bond acceptors (Lipinski definition) is 4. The molecular weight excluding hydrogens is 329 g/mol. The topological polar surface area (TPSA) is 60.2 Å². The molecule has 0 fully saturated rings. The molecule has 0 aliphatic heterocycles. The lowest BCUT2D eigenvalue weighted by atomic mass is 10.0. The summed E-state index contributed by atoms with van der Waals surface area (Å²) in [4.78, 5) is 23.3. The third-order valence-electron chi connectivity index (χ3n) is 3.63. The maximum Gasteiger partial charge on any atom is 0.292 e. The Bertz CT molecular complexity index is 889. The van der Waals surface area contributed by atoms with Gasteiger partial charge in [0.2, 0.25) is 0 Å². The standard InChI is InChI=1S/C18H12FNO3S/c19-14-8-6-13(7-9-14)18-17(20(22)23)15(16(11-21)24-18)10-12-4-2-1-3-5-12/h1-9,11H,10H2. The summed E-state index contributed by atoms with van der Waals surface area (Å²) < 4.78 is 13.1. The van der Waals surface area contributed by atoms with Crippen LogP contribution in [0.15, 0.2) is 54.6 Å². The summed E-state index contributed by atoms with van der Waals surface area (Å²) in [6.07, 6.45) is 0.936. The summed E-state index contributed by atoms with van der Waals surface area (Å²) in [5.74, 6) is -0.418. The Hall–Kier alpha value is -2.86. The molecule has 120 valence electrons. The third kappa shape index (κ3) is 3.09. The van der Waals surface area contributed by atoms with E-state index in [1.165, 1.54) is 24.3 Å². The summed E-state index contributed by atoms with van der Waals surface area (Å²) in [5.41, 5.74) is 1.71. The van der Waals surface area contributed by atoms with Gasteiger partial charge in [-0.1, -0.05) is 42.5 Å². The lowest BCUT2D eigenvalue weighted by molar-refractivity contribution is -0.384. The van der Waals surface area contributed by atoms with Gasteiger partial charge in [-0.25, -0.2) is 4.39 Å². The molecule has 3 rings (SSSR count). The van der Waals surface area contributed by atoms with Gasteiger partial charge in [-0.3, -0.25) is 14.9 Å². The van der Waals surface area contributed by atoms with E-state index < -0.39 is 10.7 Å². The second-order valence-corrected chi connectivity index (χ2v) is 6.22. The summed E-state index contributed by atoms with van der Waals surface area (Å²) in [5, 5.41) is 11.6. The van der Waals surface area contributed by atoms with E-state index in [0.29, 0.717) is 33.6 Å². The molecule has 2 aromatic carbocycles. The highest BCUT2D eigenvalue weighted by atomic mass is 32.1. The van der Waals surface area contributed by atoms with Gasteiger partial charge in [0.05, 0.1) is 15.4 Å². The van der Waals surface area contributed by atoms with Gasteiger partial charge in [-0.2, -0.15) is 0 Å². The van der Waals surface area contributed by atoms with Crippen LogP contribution in [0.1, 0.15) is 20.8 Å². The van der Waals surface area contributed by atoms with Gasteiger partial charge in [0.25, 0.3) is 5.69 Å². The van der Waals surface area contributed by atoms with E-state index in [-0.39, 0.29) is 5.69 Å². The lowest BCUT2D eigenvalue weighted by Crippen LogP contribution is -1.97. The van der Waals surface area contributed by atoms with Crippen molar-refractivity contribution in [1.82, 2.24) is 0 Å². The van der Waals surface area contributed by atoms with Crippen LogP contribution in [0.3, 0.4) is 0 Å². The number of thiophene rings is 1. The van der Waals surface area contributed by atoms with Crippen molar-refractivity contribution < 1.29 is 14.1 Å². The number of nitro groups is 1. The van der Waals surface area contributed by atoms with Gasteiger partial charge >= 0.3 is 0 Å². The zero-order valence-corrected chi connectivity index (χ0v) is 13.3. The zero-order valence-electron chi connectivity index (χ0n) is 12.4. The van der Waals surface area contributed by atoms with Crippen LogP contribution >= 0.6 is 11.3 Å². The molecule has 24 heavy (non-hydrogen) atoms. The first-order valence-electron chi connectivity index (χ1n) is 7.15. The van der Waals surface area contributed by atoms with E-state index in [9.17, 15) is 19.3 Å². The van der Waals surface area contributed by atoms with Crippen LogP contribution in [-0.4, -0.2) is 11.2 Å². The first kappa shape index (κ1) is 16.0. The molecule has 0 radical (unpaired) electrons. The van der Waals surface area contributed by atoms with Crippen molar-refractivity contribution in [3.05, 3.63) is 86.5 Å². The Labute approximate surface area is 141 Å². The fourth-order valence-electron chi connectivity index (χ4n) is 2.53. The largest absolute Gasteiger partial charge is 0.297 e. The van der Waals surface area contributed by atoms with E-state index in [1.54, 1.807) is 0 Å². The van der Waals surface area contributed by atoms with Gasteiger partial charge in [0.1, 0.15) is 10.7 Å².